The molecule has 0 atom stereocenters. The Hall–Kier alpha value is -1.26. The molecule has 5 heteroatoms. The normalized spacial score (nSPS) is 9.62. The molecule has 0 aliphatic rings. The molecule has 0 fully saturated rings. The van der Waals surface area contributed by atoms with Crippen molar-refractivity contribution in [3.05, 3.63) is 29.3 Å². The van der Waals surface area contributed by atoms with Crippen LogP contribution < -0.4 is 4.89 Å². The number of benzene rings is 1. The van der Waals surface area contributed by atoms with Crippen LogP contribution in [0.15, 0.2) is 24.3 Å². The second-order valence-corrected chi connectivity index (χ2v) is 2.63. The Morgan fingerprint density at radius 2 is 2.00 bits per heavy atom. The fraction of sp³-hybridized carbons (Fsp3) is 0.125. The largest absolute Gasteiger partial charge is 0.479 e. The van der Waals surface area contributed by atoms with Crippen LogP contribution in [-0.4, -0.2) is 17.7 Å². The molecule has 0 aliphatic heterocycles. The summed E-state index contributed by atoms with van der Waals surface area (Å²) in [6.45, 7) is -0.497. The van der Waals surface area contributed by atoms with E-state index in [4.69, 9.17) is 16.7 Å². The average Bonchev–Trinajstić information content (AvgIpc) is 2.08. The van der Waals surface area contributed by atoms with Gasteiger partial charge >= 0.3 is 5.97 Å². The summed E-state index contributed by atoms with van der Waals surface area (Å²) in [5.74, 6) is -0.681. The van der Waals surface area contributed by atoms with E-state index in [9.17, 15) is 4.79 Å². The number of halogens is 1. The highest BCUT2D eigenvalue weighted by Crippen LogP contribution is 2.15. The molecule has 13 heavy (non-hydrogen) atoms. The predicted octanol–water partition coefficient (Wildman–Crippen LogP) is 1.74. The smallest absolute Gasteiger partial charge is 0.334 e. The summed E-state index contributed by atoms with van der Waals surface area (Å²) in [7, 11) is 0. The highest BCUT2D eigenvalue weighted by molar-refractivity contribution is 6.30. The molecule has 1 aromatic carbocycles. The summed E-state index contributed by atoms with van der Waals surface area (Å²) < 4.78 is 0. The number of carbonyl (C=O) groups is 1. The Labute approximate surface area is 79.6 Å². The Morgan fingerprint density at radius 3 is 2.54 bits per heavy atom. The molecule has 1 rings (SSSR count). The number of hydrogen-bond acceptors (Lipinski definition) is 3. The van der Waals surface area contributed by atoms with E-state index >= 15 is 0 Å². The third kappa shape index (κ3) is 3.78. The molecular weight excluding hydrogens is 196 g/mol. The zero-order valence-corrected chi connectivity index (χ0v) is 7.32. The first-order valence-electron chi connectivity index (χ1n) is 3.45. The summed E-state index contributed by atoms with van der Waals surface area (Å²) in [4.78, 5) is 19.0. The van der Waals surface area contributed by atoms with E-state index in [1.165, 1.54) is 0 Å². The van der Waals surface area contributed by atoms with Crippen molar-refractivity contribution in [3.63, 3.8) is 0 Å². The van der Waals surface area contributed by atoms with Gasteiger partial charge in [0.15, 0.2) is 12.4 Å². The highest BCUT2D eigenvalue weighted by Gasteiger charge is 1.98. The van der Waals surface area contributed by atoms with E-state index < -0.39 is 12.6 Å². The maximum Gasteiger partial charge on any atom is 0.334 e. The van der Waals surface area contributed by atoms with Crippen molar-refractivity contribution in [3.8, 4) is 5.75 Å². The van der Waals surface area contributed by atoms with E-state index in [1.807, 2.05) is 0 Å². The van der Waals surface area contributed by atoms with Crippen molar-refractivity contribution in [2.75, 3.05) is 6.61 Å². The van der Waals surface area contributed by atoms with Crippen LogP contribution in [0.4, 0.5) is 0 Å². The summed E-state index contributed by atoms with van der Waals surface area (Å²) in [5.41, 5.74) is 0. The van der Waals surface area contributed by atoms with E-state index in [1.54, 1.807) is 24.3 Å². The third-order valence-corrected chi connectivity index (χ3v) is 1.40. The maximum absolute atomic E-state index is 10.0. The Morgan fingerprint density at radius 1 is 1.38 bits per heavy atom. The van der Waals surface area contributed by atoms with Crippen molar-refractivity contribution < 1.29 is 19.7 Å². The summed E-state index contributed by atoms with van der Waals surface area (Å²) in [6.07, 6.45) is 0. The fourth-order valence-electron chi connectivity index (χ4n) is 0.638. The summed E-state index contributed by atoms with van der Waals surface area (Å²) in [5, 5.41) is 8.78. The molecule has 0 heterocycles. The van der Waals surface area contributed by atoms with Crippen LogP contribution in [0.3, 0.4) is 0 Å². The van der Waals surface area contributed by atoms with E-state index in [0.717, 1.165) is 0 Å². The molecule has 0 aliphatic carbocycles. The lowest BCUT2D eigenvalue weighted by molar-refractivity contribution is -0.213. The number of aliphatic carboxylic acids is 1. The van der Waals surface area contributed by atoms with E-state index in [2.05, 4.69) is 9.78 Å². The van der Waals surface area contributed by atoms with Crippen LogP contribution in [0.25, 0.3) is 0 Å². The van der Waals surface area contributed by atoms with Crippen molar-refractivity contribution in [2.24, 2.45) is 0 Å². The molecule has 4 nitrogen and oxygen atoms in total. The molecule has 70 valence electrons. The van der Waals surface area contributed by atoms with Gasteiger partial charge in [0, 0.05) is 5.02 Å². The summed E-state index contributed by atoms with van der Waals surface area (Å²) >= 11 is 5.61. The first kappa shape index (κ1) is 9.83. The van der Waals surface area contributed by atoms with Gasteiger partial charge in [-0.1, -0.05) is 11.6 Å². The molecular formula is C8H7ClO4. The first-order chi connectivity index (χ1) is 6.18. The molecule has 0 amide bonds. The van der Waals surface area contributed by atoms with Crippen molar-refractivity contribution >= 4 is 17.6 Å². The number of hydrogen-bond donors (Lipinski definition) is 1. The molecule has 0 aromatic heterocycles. The topological polar surface area (TPSA) is 55.8 Å². The number of carboxylic acids is 1. The number of carboxylic acid groups (broad SMARTS) is 1. The first-order valence-corrected chi connectivity index (χ1v) is 3.83. The minimum atomic E-state index is -1.09. The standard InChI is InChI=1S/C8H7ClO4/c9-6-1-3-7(4-2-6)13-12-5-8(10)11/h1-4H,5H2,(H,10,11). The minimum Gasteiger partial charge on any atom is -0.479 e. The van der Waals surface area contributed by atoms with Gasteiger partial charge < -0.3 is 9.99 Å². The van der Waals surface area contributed by atoms with Crippen molar-refractivity contribution in [1.29, 1.82) is 0 Å². The minimum absolute atomic E-state index is 0.408. The van der Waals surface area contributed by atoms with Gasteiger partial charge in [-0.2, -0.15) is 4.89 Å². The SMILES string of the molecule is O=C(O)COOc1ccc(Cl)cc1. The predicted molar refractivity (Wildman–Crippen MR) is 45.7 cm³/mol. The second-order valence-electron chi connectivity index (χ2n) is 2.19. The van der Waals surface area contributed by atoms with Gasteiger partial charge in [-0.15, -0.1) is 0 Å². The lowest BCUT2D eigenvalue weighted by atomic mass is 10.3. The molecule has 0 saturated heterocycles. The second kappa shape index (κ2) is 4.69. The zero-order chi connectivity index (χ0) is 9.68. The van der Waals surface area contributed by atoms with Crippen LogP contribution in [0, 0.1) is 0 Å². The van der Waals surface area contributed by atoms with E-state index in [-0.39, 0.29) is 0 Å². The summed E-state index contributed by atoms with van der Waals surface area (Å²) in [6, 6.07) is 6.37. The third-order valence-electron chi connectivity index (χ3n) is 1.15. The molecule has 1 aromatic rings. The van der Waals surface area contributed by atoms with Crippen molar-refractivity contribution in [1.82, 2.24) is 0 Å². The van der Waals surface area contributed by atoms with Gasteiger partial charge in [-0.25, -0.2) is 4.79 Å². The lowest BCUT2D eigenvalue weighted by Gasteiger charge is -2.01. The number of rotatable bonds is 4. The van der Waals surface area contributed by atoms with Crippen LogP contribution in [0.1, 0.15) is 0 Å². The zero-order valence-electron chi connectivity index (χ0n) is 6.57. The monoisotopic (exact) mass is 202 g/mol. The quantitative estimate of drug-likeness (QED) is 0.597. The van der Waals surface area contributed by atoms with Crippen molar-refractivity contribution in [2.45, 2.75) is 0 Å². The molecule has 0 spiro atoms. The average molecular weight is 203 g/mol. The van der Waals surface area contributed by atoms with Crippen LogP contribution in [-0.2, 0) is 9.68 Å². The van der Waals surface area contributed by atoms with Gasteiger partial charge in [-0.05, 0) is 24.3 Å². The lowest BCUT2D eigenvalue weighted by Crippen LogP contribution is -2.09. The molecule has 1 N–H and O–H groups in total. The van der Waals surface area contributed by atoms with Crippen LogP contribution in [0.2, 0.25) is 5.02 Å². The Balaban J connectivity index is 2.37. The van der Waals surface area contributed by atoms with Gasteiger partial charge in [0.2, 0.25) is 0 Å². The van der Waals surface area contributed by atoms with Crippen LogP contribution in [0.5, 0.6) is 5.75 Å². The molecule has 0 radical (unpaired) electrons. The fourth-order valence-corrected chi connectivity index (χ4v) is 0.764. The van der Waals surface area contributed by atoms with Gasteiger partial charge in [0.1, 0.15) is 0 Å². The molecule has 0 saturated carbocycles. The maximum atomic E-state index is 10.0. The Kier molecular flexibility index (Phi) is 3.54. The van der Waals surface area contributed by atoms with E-state index in [0.29, 0.717) is 10.8 Å². The van der Waals surface area contributed by atoms with Crippen LogP contribution >= 0.6 is 11.6 Å². The van der Waals surface area contributed by atoms with Gasteiger partial charge in [0.05, 0.1) is 0 Å². The van der Waals surface area contributed by atoms with Gasteiger partial charge in [-0.3, -0.25) is 0 Å². The molecule has 0 unspecified atom stereocenters. The highest BCUT2D eigenvalue weighted by atomic mass is 35.5. The van der Waals surface area contributed by atoms with Gasteiger partial charge in [0.25, 0.3) is 0 Å². The molecule has 0 bridgehead atoms. The Bertz CT molecular complexity index is 283.